The van der Waals surface area contributed by atoms with Crippen molar-refractivity contribution >= 4 is 5.91 Å². The summed E-state index contributed by atoms with van der Waals surface area (Å²) in [5.74, 6) is -1.75. The fourth-order valence-electron chi connectivity index (χ4n) is 4.60. The van der Waals surface area contributed by atoms with Crippen molar-refractivity contribution in [3.8, 4) is 5.69 Å². The summed E-state index contributed by atoms with van der Waals surface area (Å²) in [5.41, 5.74) is 1.71. The van der Waals surface area contributed by atoms with E-state index < -0.39 is 29.3 Å². The average Bonchev–Trinajstić information content (AvgIpc) is 3.37. The molecule has 1 unspecified atom stereocenters. The number of aliphatic hydroxyl groups is 1. The van der Waals surface area contributed by atoms with Crippen molar-refractivity contribution in [1.29, 1.82) is 0 Å². The third-order valence-corrected chi connectivity index (χ3v) is 6.29. The SMILES string of the molecule is CC(=O)N[C@@H](Cc1cc(F)cc(F)c1)[C@H](O)CNC1(c2cccc(-n3cccn3)c2)CCCOC1. The molecule has 1 fully saturated rings. The van der Waals surface area contributed by atoms with Gasteiger partial charge in [0.05, 0.1) is 30.0 Å². The molecule has 1 amide bonds. The van der Waals surface area contributed by atoms with Gasteiger partial charge >= 0.3 is 0 Å². The minimum Gasteiger partial charge on any atom is -0.390 e. The predicted octanol–water partition coefficient (Wildman–Crippen LogP) is 2.85. The van der Waals surface area contributed by atoms with Crippen LogP contribution in [0.15, 0.2) is 60.9 Å². The van der Waals surface area contributed by atoms with E-state index in [0.717, 1.165) is 30.2 Å². The number of rotatable bonds is 9. The van der Waals surface area contributed by atoms with Crippen LogP contribution in [0.2, 0.25) is 0 Å². The molecule has 1 aromatic heterocycles. The molecule has 2 heterocycles. The molecule has 2 aromatic carbocycles. The lowest BCUT2D eigenvalue weighted by atomic mass is 9.84. The highest BCUT2D eigenvalue weighted by Crippen LogP contribution is 2.32. The second-order valence-corrected chi connectivity index (χ2v) is 8.98. The minimum absolute atomic E-state index is 0.0788. The molecule has 7 nitrogen and oxygen atoms in total. The third-order valence-electron chi connectivity index (χ3n) is 6.29. The molecule has 3 N–H and O–H groups in total. The summed E-state index contributed by atoms with van der Waals surface area (Å²) in [6, 6.07) is 12.3. The Balaban J connectivity index is 1.53. The first-order valence-corrected chi connectivity index (χ1v) is 11.7. The Morgan fingerprint density at radius 1 is 1.23 bits per heavy atom. The zero-order valence-corrected chi connectivity index (χ0v) is 19.6. The van der Waals surface area contributed by atoms with Crippen molar-refractivity contribution in [2.24, 2.45) is 0 Å². The minimum atomic E-state index is -1.02. The fraction of sp³-hybridized carbons (Fsp3) is 0.385. The van der Waals surface area contributed by atoms with Crippen LogP contribution < -0.4 is 10.6 Å². The van der Waals surface area contributed by atoms with Crippen molar-refractivity contribution in [3.63, 3.8) is 0 Å². The van der Waals surface area contributed by atoms with Crippen LogP contribution in [0.5, 0.6) is 0 Å². The maximum Gasteiger partial charge on any atom is 0.217 e. The highest BCUT2D eigenvalue weighted by Gasteiger charge is 2.36. The van der Waals surface area contributed by atoms with Gasteiger partial charge in [-0.15, -0.1) is 0 Å². The van der Waals surface area contributed by atoms with E-state index in [2.05, 4.69) is 15.7 Å². The molecule has 0 saturated carbocycles. The van der Waals surface area contributed by atoms with Crippen molar-refractivity contribution in [1.82, 2.24) is 20.4 Å². The smallest absolute Gasteiger partial charge is 0.217 e. The molecule has 0 radical (unpaired) electrons. The van der Waals surface area contributed by atoms with E-state index in [4.69, 9.17) is 4.74 Å². The zero-order chi connectivity index (χ0) is 24.8. The Kier molecular flexibility index (Phi) is 7.90. The Hall–Kier alpha value is -3.14. The molecule has 3 atom stereocenters. The number of hydrogen-bond donors (Lipinski definition) is 3. The first kappa shape index (κ1) is 25.0. The number of benzene rings is 2. The van der Waals surface area contributed by atoms with E-state index >= 15 is 0 Å². The molecule has 4 rings (SSSR count). The topological polar surface area (TPSA) is 88.4 Å². The third kappa shape index (κ3) is 6.30. The molecule has 1 saturated heterocycles. The van der Waals surface area contributed by atoms with E-state index in [1.165, 1.54) is 19.1 Å². The van der Waals surface area contributed by atoms with Crippen molar-refractivity contribution in [2.75, 3.05) is 19.8 Å². The van der Waals surface area contributed by atoms with Gasteiger partial charge in [-0.05, 0) is 60.7 Å². The number of hydrogen-bond acceptors (Lipinski definition) is 5. The Bertz CT molecular complexity index is 1110. The highest BCUT2D eigenvalue weighted by molar-refractivity contribution is 5.73. The number of carbonyl (C=O) groups excluding carboxylic acids is 1. The molecule has 1 aliphatic heterocycles. The van der Waals surface area contributed by atoms with Crippen molar-refractivity contribution in [2.45, 2.75) is 43.9 Å². The summed E-state index contributed by atoms with van der Waals surface area (Å²) >= 11 is 0. The van der Waals surface area contributed by atoms with Crippen LogP contribution in [0.1, 0.15) is 30.9 Å². The van der Waals surface area contributed by atoms with Gasteiger partial charge in [-0.25, -0.2) is 13.5 Å². The number of aromatic nitrogens is 2. The van der Waals surface area contributed by atoms with Crippen LogP contribution in [-0.4, -0.2) is 52.7 Å². The van der Waals surface area contributed by atoms with Crippen molar-refractivity contribution in [3.05, 3.63) is 83.7 Å². The maximum absolute atomic E-state index is 13.7. The molecular formula is C26H30F2N4O3. The van der Waals surface area contributed by atoms with Gasteiger partial charge in [0.15, 0.2) is 0 Å². The lowest BCUT2D eigenvalue weighted by Crippen LogP contribution is -2.55. The lowest BCUT2D eigenvalue weighted by Gasteiger charge is -2.40. The van der Waals surface area contributed by atoms with Crippen LogP contribution in [0.4, 0.5) is 8.78 Å². The lowest BCUT2D eigenvalue weighted by molar-refractivity contribution is -0.120. The fourth-order valence-corrected chi connectivity index (χ4v) is 4.60. The van der Waals surface area contributed by atoms with Gasteiger partial charge in [0.1, 0.15) is 11.6 Å². The molecule has 0 aliphatic carbocycles. The van der Waals surface area contributed by atoms with Gasteiger partial charge in [-0.1, -0.05) is 12.1 Å². The molecule has 1 aliphatic rings. The summed E-state index contributed by atoms with van der Waals surface area (Å²) in [6.07, 6.45) is 4.28. The van der Waals surface area contributed by atoms with Gasteiger partial charge in [-0.3, -0.25) is 4.79 Å². The zero-order valence-electron chi connectivity index (χ0n) is 19.6. The Morgan fingerprint density at radius 3 is 2.69 bits per heavy atom. The first-order chi connectivity index (χ1) is 16.8. The second kappa shape index (κ2) is 11.1. The summed E-state index contributed by atoms with van der Waals surface area (Å²) in [4.78, 5) is 11.8. The number of carbonyl (C=O) groups is 1. The number of nitrogens with one attached hydrogen (secondary N) is 2. The second-order valence-electron chi connectivity index (χ2n) is 8.98. The summed E-state index contributed by atoms with van der Waals surface area (Å²) in [6.45, 7) is 2.56. The summed E-state index contributed by atoms with van der Waals surface area (Å²) in [7, 11) is 0. The summed E-state index contributed by atoms with van der Waals surface area (Å²) in [5, 5.41) is 21.5. The molecule has 3 aromatic rings. The molecule has 0 spiro atoms. The monoisotopic (exact) mass is 484 g/mol. The first-order valence-electron chi connectivity index (χ1n) is 11.7. The van der Waals surface area contributed by atoms with E-state index in [0.29, 0.717) is 18.8 Å². The average molecular weight is 485 g/mol. The van der Waals surface area contributed by atoms with Crippen LogP contribution >= 0.6 is 0 Å². The van der Waals surface area contributed by atoms with Crippen LogP contribution in [-0.2, 0) is 21.5 Å². The number of nitrogens with zero attached hydrogens (tertiary/aromatic N) is 2. The van der Waals surface area contributed by atoms with Crippen LogP contribution in [0.3, 0.4) is 0 Å². The van der Waals surface area contributed by atoms with E-state index in [1.54, 1.807) is 10.9 Å². The molecule has 0 bridgehead atoms. The van der Waals surface area contributed by atoms with Gasteiger partial charge in [0.2, 0.25) is 5.91 Å². The van der Waals surface area contributed by atoms with Gasteiger partial charge < -0.3 is 20.5 Å². The summed E-state index contributed by atoms with van der Waals surface area (Å²) < 4.78 is 35.0. The van der Waals surface area contributed by atoms with Crippen LogP contribution in [0, 0.1) is 11.6 Å². The molecule has 9 heteroatoms. The number of ether oxygens (including phenoxy) is 1. The molecular weight excluding hydrogens is 454 g/mol. The Morgan fingerprint density at radius 2 is 2.03 bits per heavy atom. The number of halogens is 2. The number of aliphatic hydroxyl groups excluding tert-OH is 1. The molecule has 186 valence electrons. The maximum atomic E-state index is 13.7. The predicted molar refractivity (Wildman–Crippen MR) is 127 cm³/mol. The van der Waals surface area contributed by atoms with Gasteiger partial charge in [0, 0.05) is 38.5 Å². The Labute approximate surface area is 203 Å². The largest absolute Gasteiger partial charge is 0.390 e. The quantitative estimate of drug-likeness (QED) is 0.435. The van der Waals surface area contributed by atoms with E-state index in [-0.39, 0.29) is 18.9 Å². The standard InChI is InChI=1S/C26H30F2N4O3/c1-18(33)31-24(13-19-11-21(27)15-22(28)12-19)25(34)16-29-26(7-3-10-35-17-26)20-5-2-6-23(14-20)32-9-4-8-30-32/h2,4-6,8-9,11-12,14-15,24-25,29,34H,3,7,10,13,16-17H2,1H3,(H,31,33)/t24-,25+,26?/m0/s1. The number of amides is 1. The molecule has 35 heavy (non-hydrogen) atoms. The van der Waals surface area contributed by atoms with Gasteiger partial charge in [0.25, 0.3) is 0 Å². The van der Waals surface area contributed by atoms with Crippen molar-refractivity contribution < 1.29 is 23.4 Å². The van der Waals surface area contributed by atoms with Gasteiger partial charge in [-0.2, -0.15) is 5.10 Å². The van der Waals surface area contributed by atoms with E-state index in [1.807, 2.05) is 36.5 Å². The van der Waals surface area contributed by atoms with Crippen LogP contribution in [0.25, 0.3) is 5.69 Å². The normalized spacial score (nSPS) is 19.8. The van der Waals surface area contributed by atoms with E-state index in [9.17, 15) is 18.7 Å². The highest BCUT2D eigenvalue weighted by atomic mass is 19.1.